The molecule has 6 nitrogen and oxygen atoms in total. The third-order valence-electron chi connectivity index (χ3n) is 6.00. The number of nitrogens with one attached hydrogen (secondary N) is 1. The highest BCUT2D eigenvalue weighted by Crippen LogP contribution is 2.31. The lowest BCUT2D eigenvalue weighted by atomic mass is 10.1. The predicted octanol–water partition coefficient (Wildman–Crippen LogP) is 4.08. The molecule has 1 aliphatic heterocycles. The van der Waals surface area contributed by atoms with Crippen molar-refractivity contribution in [1.82, 2.24) is 20.0 Å². The molecule has 0 bridgehead atoms. The molecule has 1 unspecified atom stereocenters. The van der Waals surface area contributed by atoms with Crippen LogP contribution in [0.2, 0.25) is 0 Å². The average molecular weight is 470 g/mol. The number of alkyl halides is 3. The SMILES string of the molecule is Cc1nn(-c2cccc(C(F)(F)F)c2)c(C)c1C(=O)C(=O)NC1CCN(Cc2ccccc2)C1. The lowest BCUT2D eigenvalue weighted by molar-refractivity contribution is -0.137. The summed E-state index contributed by atoms with van der Waals surface area (Å²) in [6.07, 6.45) is -3.77. The summed E-state index contributed by atoms with van der Waals surface area (Å²) in [6, 6.07) is 14.5. The van der Waals surface area contributed by atoms with Crippen molar-refractivity contribution in [1.29, 1.82) is 0 Å². The maximum absolute atomic E-state index is 13.1. The van der Waals surface area contributed by atoms with Gasteiger partial charge in [-0.25, -0.2) is 4.68 Å². The Labute approximate surface area is 195 Å². The molecule has 1 fully saturated rings. The van der Waals surface area contributed by atoms with Crippen LogP contribution >= 0.6 is 0 Å². The standard InChI is InChI=1S/C25H25F3N4O2/c1-16-22(17(2)32(30-16)21-10-6-9-19(13-21)25(26,27)28)23(33)24(34)29-20-11-12-31(15-20)14-18-7-4-3-5-8-18/h3-10,13,20H,11-12,14-15H2,1-2H3,(H,29,34). The van der Waals surface area contributed by atoms with E-state index in [1.165, 1.54) is 22.4 Å². The first-order valence-corrected chi connectivity index (χ1v) is 11.0. The Kier molecular flexibility index (Phi) is 6.56. The van der Waals surface area contributed by atoms with Gasteiger partial charge in [0.1, 0.15) is 0 Å². The van der Waals surface area contributed by atoms with Crippen LogP contribution in [0.25, 0.3) is 5.69 Å². The summed E-state index contributed by atoms with van der Waals surface area (Å²) in [5.74, 6) is -1.48. The van der Waals surface area contributed by atoms with Crippen molar-refractivity contribution in [2.45, 2.75) is 39.0 Å². The summed E-state index contributed by atoms with van der Waals surface area (Å²) in [6.45, 7) is 5.34. The van der Waals surface area contributed by atoms with Gasteiger partial charge >= 0.3 is 6.18 Å². The van der Waals surface area contributed by atoms with Crippen molar-refractivity contribution >= 4 is 11.7 Å². The van der Waals surface area contributed by atoms with Crippen LogP contribution in [0.5, 0.6) is 0 Å². The molecule has 0 saturated carbocycles. The Morgan fingerprint density at radius 1 is 1.09 bits per heavy atom. The van der Waals surface area contributed by atoms with Gasteiger partial charge in [0.25, 0.3) is 11.7 Å². The normalized spacial score (nSPS) is 16.6. The molecular formula is C25H25F3N4O2. The van der Waals surface area contributed by atoms with Crippen LogP contribution in [0.1, 0.15) is 39.3 Å². The number of likely N-dealkylation sites (tertiary alicyclic amines) is 1. The molecule has 1 aromatic heterocycles. The van der Waals surface area contributed by atoms with E-state index in [2.05, 4.69) is 15.3 Å². The molecule has 1 saturated heterocycles. The quantitative estimate of drug-likeness (QED) is 0.436. The number of aryl methyl sites for hydroxylation is 1. The second-order valence-corrected chi connectivity index (χ2v) is 8.51. The van der Waals surface area contributed by atoms with Gasteiger partial charge in [0.2, 0.25) is 0 Å². The third-order valence-corrected chi connectivity index (χ3v) is 6.00. The Hall–Kier alpha value is -3.46. The molecule has 0 radical (unpaired) electrons. The van der Waals surface area contributed by atoms with E-state index in [0.717, 1.165) is 31.6 Å². The minimum absolute atomic E-state index is 0.106. The molecule has 9 heteroatoms. The molecule has 1 atom stereocenters. The van der Waals surface area contributed by atoms with Gasteiger partial charge in [-0.15, -0.1) is 0 Å². The van der Waals surface area contributed by atoms with Crippen molar-refractivity contribution < 1.29 is 22.8 Å². The number of carbonyl (C=O) groups excluding carboxylic acids is 2. The van der Waals surface area contributed by atoms with Gasteiger partial charge in [0.15, 0.2) is 0 Å². The Morgan fingerprint density at radius 2 is 1.82 bits per heavy atom. The molecule has 2 aromatic carbocycles. The smallest absolute Gasteiger partial charge is 0.345 e. The van der Waals surface area contributed by atoms with E-state index in [1.807, 2.05) is 30.3 Å². The zero-order valence-electron chi connectivity index (χ0n) is 18.9. The van der Waals surface area contributed by atoms with E-state index in [4.69, 9.17) is 0 Å². The number of ketones is 1. The van der Waals surface area contributed by atoms with Crippen molar-refractivity contribution in [3.05, 3.63) is 82.7 Å². The number of carbonyl (C=O) groups is 2. The zero-order valence-corrected chi connectivity index (χ0v) is 18.9. The van der Waals surface area contributed by atoms with Gasteiger partial charge in [-0.2, -0.15) is 18.3 Å². The average Bonchev–Trinajstić information content (AvgIpc) is 3.36. The van der Waals surface area contributed by atoms with Gasteiger partial charge in [-0.1, -0.05) is 36.4 Å². The molecule has 178 valence electrons. The molecule has 0 aliphatic carbocycles. The summed E-state index contributed by atoms with van der Waals surface area (Å²) in [5, 5.41) is 7.05. The molecule has 1 N–H and O–H groups in total. The molecule has 34 heavy (non-hydrogen) atoms. The summed E-state index contributed by atoms with van der Waals surface area (Å²) in [4.78, 5) is 27.9. The molecular weight excluding hydrogens is 445 g/mol. The number of aromatic nitrogens is 2. The van der Waals surface area contributed by atoms with Crippen molar-refractivity contribution in [3.63, 3.8) is 0 Å². The van der Waals surface area contributed by atoms with Crippen LogP contribution in [-0.4, -0.2) is 45.5 Å². The molecule has 0 spiro atoms. The van der Waals surface area contributed by atoms with Crippen molar-refractivity contribution in [2.75, 3.05) is 13.1 Å². The lowest BCUT2D eigenvalue weighted by Crippen LogP contribution is -2.41. The molecule has 4 rings (SSSR count). The summed E-state index contributed by atoms with van der Waals surface area (Å²) < 4.78 is 40.6. The fourth-order valence-corrected chi connectivity index (χ4v) is 4.34. The maximum Gasteiger partial charge on any atom is 0.416 e. The highest BCUT2D eigenvalue weighted by Gasteiger charge is 2.32. The van der Waals surface area contributed by atoms with Gasteiger partial charge in [-0.3, -0.25) is 14.5 Å². The Morgan fingerprint density at radius 3 is 2.53 bits per heavy atom. The van der Waals surface area contributed by atoms with Gasteiger partial charge < -0.3 is 5.32 Å². The van der Waals surface area contributed by atoms with Crippen molar-refractivity contribution in [3.8, 4) is 5.69 Å². The zero-order chi connectivity index (χ0) is 24.5. The number of Topliss-reactive ketones (excluding diaryl/α,β-unsaturated/α-hetero) is 1. The largest absolute Gasteiger partial charge is 0.416 e. The van der Waals surface area contributed by atoms with Crippen LogP contribution in [0.15, 0.2) is 54.6 Å². The minimum Gasteiger partial charge on any atom is -0.345 e. The third kappa shape index (κ3) is 5.04. The molecule has 1 amide bonds. The van der Waals surface area contributed by atoms with E-state index < -0.39 is 23.4 Å². The summed E-state index contributed by atoms with van der Waals surface area (Å²) in [5.41, 5.74) is 1.24. The molecule has 1 aliphatic rings. The number of halogens is 3. The lowest BCUT2D eigenvalue weighted by Gasteiger charge is -2.16. The van der Waals surface area contributed by atoms with E-state index in [-0.39, 0.29) is 23.0 Å². The number of hydrogen-bond donors (Lipinski definition) is 1. The van der Waals surface area contributed by atoms with Crippen LogP contribution in [0, 0.1) is 13.8 Å². The van der Waals surface area contributed by atoms with Crippen LogP contribution < -0.4 is 5.32 Å². The number of amides is 1. The van der Waals surface area contributed by atoms with Crippen LogP contribution in [-0.2, 0) is 17.5 Å². The van der Waals surface area contributed by atoms with Crippen LogP contribution in [0.3, 0.4) is 0 Å². The second-order valence-electron chi connectivity index (χ2n) is 8.51. The highest BCUT2D eigenvalue weighted by molar-refractivity contribution is 6.43. The van der Waals surface area contributed by atoms with Gasteiger partial charge in [-0.05, 0) is 44.0 Å². The first-order chi connectivity index (χ1) is 16.1. The first kappa shape index (κ1) is 23.7. The Balaban J connectivity index is 1.45. The Bertz CT molecular complexity index is 1200. The second kappa shape index (κ2) is 9.42. The van der Waals surface area contributed by atoms with E-state index >= 15 is 0 Å². The number of hydrogen-bond acceptors (Lipinski definition) is 4. The highest BCUT2D eigenvalue weighted by atomic mass is 19.4. The number of rotatable bonds is 6. The maximum atomic E-state index is 13.1. The monoisotopic (exact) mass is 470 g/mol. The molecule has 2 heterocycles. The topological polar surface area (TPSA) is 67.2 Å². The first-order valence-electron chi connectivity index (χ1n) is 11.0. The predicted molar refractivity (Wildman–Crippen MR) is 121 cm³/mol. The van der Waals surface area contributed by atoms with Crippen molar-refractivity contribution in [2.24, 2.45) is 0 Å². The molecule has 3 aromatic rings. The number of benzene rings is 2. The summed E-state index contributed by atoms with van der Waals surface area (Å²) >= 11 is 0. The van der Waals surface area contributed by atoms with Gasteiger partial charge in [0.05, 0.1) is 28.2 Å². The van der Waals surface area contributed by atoms with E-state index in [1.54, 1.807) is 13.8 Å². The van der Waals surface area contributed by atoms with Crippen LogP contribution in [0.4, 0.5) is 13.2 Å². The summed E-state index contributed by atoms with van der Waals surface area (Å²) in [7, 11) is 0. The van der Waals surface area contributed by atoms with E-state index in [9.17, 15) is 22.8 Å². The minimum atomic E-state index is -4.50. The fraction of sp³-hybridized carbons (Fsp3) is 0.320. The number of nitrogens with zero attached hydrogens (tertiary/aromatic N) is 3. The van der Waals surface area contributed by atoms with Gasteiger partial charge in [0, 0.05) is 25.7 Å². The van der Waals surface area contributed by atoms with E-state index in [0.29, 0.717) is 12.2 Å². The fourth-order valence-electron chi connectivity index (χ4n) is 4.34.